The Labute approximate surface area is 339 Å². The minimum atomic E-state index is -3.44. The molecule has 0 spiro atoms. The topological polar surface area (TPSA) is 126 Å². The number of hydrogen-bond acceptors (Lipinski definition) is 8. The summed E-state index contributed by atoms with van der Waals surface area (Å²) in [6, 6.07) is 28.3. The number of ether oxygens (including phenoxy) is 2. The van der Waals surface area contributed by atoms with Gasteiger partial charge in [-0.2, -0.15) is 22.1 Å². The van der Waals surface area contributed by atoms with Gasteiger partial charge in [0.05, 0.1) is 17.8 Å². The van der Waals surface area contributed by atoms with Crippen LogP contribution in [-0.2, 0) is 43.4 Å². The number of hydrogen-bond donors (Lipinski definition) is 1. The number of carboxylic acids is 1. The van der Waals surface area contributed by atoms with Gasteiger partial charge in [0.1, 0.15) is 29.5 Å². The van der Waals surface area contributed by atoms with Gasteiger partial charge in [0.25, 0.3) is 10.2 Å². The van der Waals surface area contributed by atoms with Crippen molar-refractivity contribution in [2.45, 2.75) is 39.0 Å². The first-order chi connectivity index (χ1) is 28.0. The zero-order chi connectivity index (χ0) is 40.6. The average molecular weight is 806 g/mol. The molecule has 4 heterocycles. The lowest BCUT2D eigenvalue weighted by atomic mass is 9.97. The molecule has 304 valence electrons. The van der Waals surface area contributed by atoms with Crippen LogP contribution in [0.2, 0.25) is 0 Å². The quantitative estimate of drug-likeness (QED) is 0.143. The van der Waals surface area contributed by atoms with Gasteiger partial charge in [-0.25, -0.2) is 4.79 Å². The number of aromatic carboxylic acids is 1. The lowest BCUT2D eigenvalue weighted by Gasteiger charge is -2.36. The van der Waals surface area contributed by atoms with E-state index in [9.17, 15) is 18.3 Å². The first kappa shape index (κ1) is 39.4. The van der Waals surface area contributed by atoms with Crippen LogP contribution in [0.5, 0.6) is 11.5 Å². The van der Waals surface area contributed by atoms with Gasteiger partial charge in [0.2, 0.25) is 0 Å². The van der Waals surface area contributed by atoms with Crippen LogP contribution in [0.3, 0.4) is 0 Å². The van der Waals surface area contributed by atoms with E-state index >= 15 is 0 Å². The fraction of sp³-hybridized carbons (Fsp3) is 0.364. The van der Waals surface area contributed by atoms with Crippen molar-refractivity contribution in [1.29, 1.82) is 0 Å². The van der Waals surface area contributed by atoms with E-state index in [0.717, 1.165) is 74.2 Å². The van der Waals surface area contributed by atoms with Crippen molar-refractivity contribution in [3.63, 3.8) is 0 Å². The van der Waals surface area contributed by atoms with Gasteiger partial charge in [0.15, 0.2) is 0 Å². The van der Waals surface area contributed by atoms with E-state index in [-0.39, 0.29) is 6.61 Å². The smallest absolute Gasteiger partial charge is 0.352 e. The van der Waals surface area contributed by atoms with Crippen LogP contribution in [0.15, 0.2) is 84.9 Å². The molecular formula is C44H51N7O6S. The zero-order valence-corrected chi connectivity index (χ0v) is 34.4. The maximum absolute atomic E-state index is 13.2. The molecule has 8 rings (SSSR count). The highest BCUT2D eigenvalue weighted by atomic mass is 32.2. The second-order valence-electron chi connectivity index (χ2n) is 15.4. The van der Waals surface area contributed by atoms with Crippen LogP contribution >= 0.6 is 0 Å². The Balaban J connectivity index is 1.06. The number of piperazine rings is 1. The van der Waals surface area contributed by atoms with Crippen molar-refractivity contribution in [2.75, 3.05) is 65.4 Å². The van der Waals surface area contributed by atoms with Gasteiger partial charge in [-0.3, -0.25) is 4.68 Å². The predicted molar refractivity (Wildman–Crippen MR) is 227 cm³/mol. The number of aryl methyl sites for hydroxylation is 3. The Morgan fingerprint density at radius 3 is 2.33 bits per heavy atom. The third-order valence-electron chi connectivity index (χ3n) is 11.4. The average Bonchev–Trinajstić information content (AvgIpc) is 3.71. The van der Waals surface area contributed by atoms with Crippen molar-refractivity contribution in [3.8, 4) is 22.6 Å². The van der Waals surface area contributed by atoms with Gasteiger partial charge in [-0.15, -0.1) is 0 Å². The Kier molecular flexibility index (Phi) is 11.2. The molecule has 0 saturated carbocycles. The number of carbonyl (C=O) groups is 1. The van der Waals surface area contributed by atoms with Gasteiger partial charge in [0, 0.05) is 88.0 Å². The standard InChI is InChI=1S/C44H51N7O6S/c1-46(2)58(54,55)50-26-24-49(25-27-50)32-18-20-33(21-19-32)57-30-38-41-37-15-8-14-35-36(16-9-28-56-40-17-7-12-31-11-5-6-13-34(31)40)43(44(52)53)51(42(35)37)23-10-22-47(3)29-39(41)48(4)45-38/h5-8,11-15,17-21H,9-10,16,22-30H2,1-4H3,(H,52,53). The molecule has 2 aliphatic rings. The summed E-state index contributed by atoms with van der Waals surface area (Å²) in [6.07, 6.45) is 2.00. The van der Waals surface area contributed by atoms with Crippen LogP contribution in [0, 0.1) is 0 Å². The van der Waals surface area contributed by atoms with E-state index in [1.165, 1.54) is 8.61 Å². The second-order valence-corrected chi connectivity index (χ2v) is 17.5. The van der Waals surface area contributed by atoms with Crippen LogP contribution in [0.1, 0.15) is 40.3 Å². The molecule has 1 N–H and O–H groups in total. The third-order valence-corrected chi connectivity index (χ3v) is 13.4. The minimum Gasteiger partial charge on any atom is -0.493 e. The highest BCUT2D eigenvalue weighted by Gasteiger charge is 2.30. The monoisotopic (exact) mass is 805 g/mol. The summed E-state index contributed by atoms with van der Waals surface area (Å²) < 4.78 is 44.6. The van der Waals surface area contributed by atoms with Gasteiger partial charge in [-0.05, 0) is 74.1 Å². The summed E-state index contributed by atoms with van der Waals surface area (Å²) in [6.45, 7) is 4.75. The van der Waals surface area contributed by atoms with Gasteiger partial charge < -0.3 is 28.9 Å². The number of carboxylic acid groups (broad SMARTS) is 1. The Bertz CT molecular complexity index is 2550. The number of rotatable bonds is 12. The van der Waals surface area contributed by atoms with Crippen LogP contribution in [-0.4, -0.2) is 108 Å². The number of nitrogens with zero attached hydrogens (tertiary/aromatic N) is 7. The summed E-state index contributed by atoms with van der Waals surface area (Å²) in [4.78, 5) is 17.6. The largest absolute Gasteiger partial charge is 0.493 e. The molecule has 1 saturated heterocycles. The second kappa shape index (κ2) is 16.5. The lowest BCUT2D eigenvalue weighted by Crippen LogP contribution is -2.51. The fourth-order valence-corrected chi connectivity index (χ4v) is 9.60. The first-order valence-electron chi connectivity index (χ1n) is 19.9. The fourth-order valence-electron chi connectivity index (χ4n) is 8.52. The molecule has 0 unspecified atom stereocenters. The van der Waals surface area contributed by atoms with Crippen molar-refractivity contribution in [1.82, 2.24) is 27.9 Å². The molecule has 1 fully saturated rings. The van der Waals surface area contributed by atoms with E-state index in [2.05, 4.69) is 47.2 Å². The third kappa shape index (κ3) is 7.64. The summed E-state index contributed by atoms with van der Waals surface area (Å²) in [5.74, 6) is 0.584. The van der Waals surface area contributed by atoms with Crippen LogP contribution in [0.25, 0.3) is 32.8 Å². The summed E-state index contributed by atoms with van der Waals surface area (Å²) >= 11 is 0. The van der Waals surface area contributed by atoms with Crippen molar-refractivity contribution >= 4 is 43.5 Å². The Morgan fingerprint density at radius 1 is 0.845 bits per heavy atom. The van der Waals surface area contributed by atoms with E-state index < -0.39 is 16.2 Å². The van der Waals surface area contributed by atoms with Crippen LogP contribution < -0.4 is 14.4 Å². The highest BCUT2D eigenvalue weighted by Crippen LogP contribution is 2.40. The minimum absolute atomic E-state index is 0.217. The number of para-hydroxylation sites is 1. The summed E-state index contributed by atoms with van der Waals surface area (Å²) in [7, 11) is 3.73. The van der Waals surface area contributed by atoms with E-state index in [0.29, 0.717) is 70.2 Å². The maximum atomic E-state index is 13.2. The van der Waals surface area contributed by atoms with E-state index in [1.807, 2.05) is 70.9 Å². The SMILES string of the molecule is CN1CCCn2c(C(=O)O)c(CCCOc3cccc4ccccc34)c3cccc(c32)-c2c(COc3ccc(N4CCN(S(=O)(=O)N(C)C)CC4)cc3)nn(C)c2C1. The van der Waals surface area contributed by atoms with Gasteiger partial charge >= 0.3 is 5.97 Å². The van der Waals surface area contributed by atoms with Crippen molar-refractivity contribution in [3.05, 3.63) is 108 Å². The molecule has 0 aliphatic carbocycles. The molecule has 14 heteroatoms. The Hall–Kier alpha value is -5.41. The normalized spacial score (nSPS) is 15.6. The molecule has 0 bridgehead atoms. The van der Waals surface area contributed by atoms with Crippen molar-refractivity contribution < 1.29 is 27.8 Å². The first-order valence-corrected chi connectivity index (χ1v) is 21.3. The molecule has 0 amide bonds. The highest BCUT2D eigenvalue weighted by molar-refractivity contribution is 7.86. The molecule has 0 radical (unpaired) electrons. The summed E-state index contributed by atoms with van der Waals surface area (Å²) in [5.41, 5.74) is 6.79. The predicted octanol–water partition coefficient (Wildman–Crippen LogP) is 6.25. The maximum Gasteiger partial charge on any atom is 0.352 e. The number of aromatic nitrogens is 3. The summed E-state index contributed by atoms with van der Waals surface area (Å²) in [5, 5.41) is 18.9. The number of anilines is 1. The van der Waals surface area contributed by atoms with Gasteiger partial charge in [-0.1, -0.05) is 54.6 Å². The molecular weight excluding hydrogens is 755 g/mol. The lowest BCUT2D eigenvalue weighted by molar-refractivity contribution is 0.0683. The molecule has 58 heavy (non-hydrogen) atoms. The van der Waals surface area contributed by atoms with E-state index in [4.69, 9.17) is 14.6 Å². The molecule has 0 atom stereocenters. The van der Waals surface area contributed by atoms with Crippen molar-refractivity contribution in [2.24, 2.45) is 7.05 Å². The van der Waals surface area contributed by atoms with Crippen LogP contribution in [0.4, 0.5) is 5.69 Å². The molecule has 4 aromatic carbocycles. The molecule has 6 aromatic rings. The number of fused-ring (bicyclic) bond motifs is 3. The molecule has 2 aromatic heterocycles. The zero-order valence-electron chi connectivity index (χ0n) is 33.6. The van der Waals surface area contributed by atoms with E-state index in [1.54, 1.807) is 14.1 Å². The number of benzene rings is 4. The Morgan fingerprint density at radius 2 is 1.57 bits per heavy atom. The molecule has 13 nitrogen and oxygen atoms in total. The molecule has 2 aliphatic heterocycles.